The van der Waals surface area contributed by atoms with Gasteiger partial charge in [-0.3, -0.25) is 5.32 Å². The van der Waals surface area contributed by atoms with E-state index in [0.717, 1.165) is 17.0 Å². The quantitative estimate of drug-likeness (QED) is 0.763. The molecule has 1 fully saturated rings. The van der Waals surface area contributed by atoms with Crippen molar-refractivity contribution in [3.63, 3.8) is 0 Å². The van der Waals surface area contributed by atoms with E-state index in [-0.39, 0.29) is 17.3 Å². The van der Waals surface area contributed by atoms with E-state index in [1.807, 2.05) is 19.1 Å². The van der Waals surface area contributed by atoms with Crippen LogP contribution in [0.2, 0.25) is 10.0 Å². The summed E-state index contributed by atoms with van der Waals surface area (Å²) in [7, 11) is 0. The van der Waals surface area contributed by atoms with Gasteiger partial charge in [-0.15, -0.1) is 0 Å². The summed E-state index contributed by atoms with van der Waals surface area (Å²) in [6.45, 7) is 6.31. The molecule has 23 heavy (non-hydrogen) atoms. The van der Waals surface area contributed by atoms with Crippen LogP contribution in [0.15, 0.2) is 18.2 Å². The maximum atomic E-state index is 11.0. The first-order chi connectivity index (χ1) is 10.7. The summed E-state index contributed by atoms with van der Waals surface area (Å²) in [4.78, 5) is 18.5. The van der Waals surface area contributed by atoms with Gasteiger partial charge in [0, 0.05) is 21.7 Å². The van der Waals surface area contributed by atoms with E-state index < -0.39 is 6.03 Å². The van der Waals surface area contributed by atoms with Crippen molar-refractivity contribution in [2.24, 2.45) is 11.1 Å². The molecule has 0 aliphatic heterocycles. The number of benzene rings is 1. The molecule has 1 aromatic carbocycles. The fourth-order valence-corrected chi connectivity index (χ4v) is 4.02. The number of imidazole rings is 1. The average molecular weight is 353 g/mol. The highest BCUT2D eigenvalue weighted by atomic mass is 35.5. The van der Waals surface area contributed by atoms with E-state index >= 15 is 0 Å². The fraction of sp³-hybridized carbons (Fsp3) is 0.375. The summed E-state index contributed by atoms with van der Waals surface area (Å²) in [5, 5.41) is 3.74. The standard InChI is InChI=1S/C16H18Cl2N4O/c1-7-13(21-15(20-7)22-14(19)23)12-11(16(12,2)3)8-4-9(17)6-10(18)5-8/h4-6,11-12H,1-3H3,(H4,19,20,21,22,23). The second-order valence-corrected chi connectivity index (χ2v) is 7.44. The maximum Gasteiger partial charge on any atom is 0.318 e. The summed E-state index contributed by atoms with van der Waals surface area (Å²) in [5.41, 5.74) is 8.12. The van der Waals surface area contributed by atoms with Gasteiger partial charge < -0.3 is 10.7 Å². The van der Waals surface area contributed by atoms with Crippen LogP contribution in [0.5, 0.6) is 0 Å². The lowest BCUT2D eigenvalue weighted by Crippen LogP contribution is -2.20. The average Bonchev–Trinajstić information content (AvgIpc) is 2.77. The minimum Gasteiger partial charge on any atom is -0.351 e. The van der Waals surface area contributed by atoms with Gasteiger partial charge >= 0.3 is 6.03 Å². The van der Waals surface area contributed by atoms with E-state index in [1.54, 1.807) is 6.07 Å². The fourth-order valence-electron chi connectivity index (χ4n) is 3.48. The van der Waals surface area contributed by atoms with Crippen LogP contribution < -0.4 is 11.1 Å². The Balaban J connectivity index is 1.95. The van der Waals surface area contributed by atoms with Crippen LogP contribution in [0.1, 0.15) is 42.6 Å². The van der Waals surface area contributed by atoms with E-state index in [1.165, 1.54) is 0 Å². The van der Waals surface area contributed by atoms with Crippen LogP contribution in [0.4, 0.5) is 10.7 Å². The minimum atomic E-state index is -0.640. The summed E-state index contributed by atoms with van der Waals surface area (Å²) < 4.78 is 0. The lowest BCUT2D eigenvalue weighted by atomic mass is 10.0. The Morgan fingerprint density at radius 1 is 1.26 bits per heavy atom. The molecule has 0 spiro atoms. The van der Waals surface area contributed by atoms with Crippen molar-refractivity contribution in [2.45, 2.75) is 32.6 Å². The molecule has 0 radical (unpaired) electrons. The number of H-pyrrole nitrogens is 1. The topological polar surface area (TPSA) is 83.8 Å². The zero-order valence-electron chi connectivity index (χ0n) is 13.1. The smallest absolute Gasteiger partial charge is 0.318 e. The second kappa shape index (κ2) is 5.42. The molecule has 1 saturated carbocycles. The third-order valence-corrected chi connectivity index (χ3v) is 4.97. The molecular formula is C16H18Cl2N4O. The SMILES string of the molecule is Cc1[nH]c(NC(N)=O)nc1C1C(c2cc(Cl)cc(Cl)c2)C1(C)C. The number of halogens is 2. The van der Waals surface area contributed by atoms with Gasteiger partial charge in [0.2, 0.25) is 5.95 Å². The van der Waals surface area contributed by atoms with Gasteiger partial charge in [0.05, 0.1) is 5.69 Å². The maximum absolute atomic E-state index is 11.0. The third-order valence-electron chi connectivity index (χ3n) is 4.53. The zero-order chi connectivity index (χ0) is 16.9. The largest absolute Gasteiger partial charge is 0.351 e. The van der Waals surface area contributed by atoms with Crippen molar-refractivity contribution in [3.05, 3.63) is 45.2 Å². The molecule has 122 valence electrons. The van der Waals surface area contributed by atoms with Crippen molar-refractivity contribution in [1.82, 2.24) is 9.97 Å². The molecule has 5 nitrogen and oxygen atoms in total. The number of nitrogens with zero attached hydrogens (tertiary/aromatic N) is 1. The van der Waals surface area contributed by atoms with Crippen molar-refractivity contribution >= 4 is 35.2 Å². The van der Waals surface area contributed by atoms with Gasteiger partial charge in [0.25, 0.3) is 0 Å². The number of aryl methyl sites for hydroxylation is 1. The lowest BCUT2D eigenvalue weighted by Gasteiger charge is -2.04. The summed E-state index contributed by atoms with van der Waals surface area (Å²) in [5.74, 6) is 0.856. The number of aromatic amines is 1. The number of hydrogen-bond donors (Lipinski definition) is 3. The van der Waals surface area contributed by atoms with Crippen molar-refractivity contribution < 1.29 is 4.79 Å². The van der Waals surface area contributed by atoms with Gasteiger partial charge in [0.15, 0.2) is 0 Å². The Labute approximate surface area is 144 Å². The van der Waals surface area contributed by atoms with Crippen LogP contribution in [0, 0.1) is 12.3 Å². The van der Waals surface area contributed by atoms with E-state index in [4.69, 9.17) is 28.9 Å². The van der Waals surface area contributed by atoms with Crippen LogP contribution in [0.25, 0.3) is 0 Å². The Bertz CT molecular complexity index is 764. The monoisotopic (exact) mass is 352 g/mol. The Kier molecular flexibility index (Phi) is 3.81. The second-order valence-electron chi connectivity index (χ2n) is 6.56. The summed E-state index contributed by atoms with van der Waals surface area (Å²) >= 11 is 12.3. The summed E-state index contributed by atoms with van der Waals surface area (Å²) in [6, 6.07) is 4.99. The molecule has 2 aromatic rings. The number of amides is 2. The molecule has 7 heteroatoms. The molecule has 1 heterocycles. The Morgan fingerprint density at radius 3 is 2.43 bits per heavy atom. The number of rotatable bonds is 3. The highest BCUT2D eigenvalue weighted by Gasteiger charge is 2.60. The first-order valence-corrected chi connectivity index (χ1v) is 8.04. The van der Waals surface area contributed by atoms with Gasteiger partial charge in [0.1, 0.15) is 0 Å². The molecule has 2 unspecified atom stereocenters. The number of urea groups is 1. The molecule has 1 aliphatic rings. The minimum absolute atomic E-state index is 0.0258. The third kappa shape index (κ3) is 2.91. The number of nitrogens with one attached hydrogen (secondary N) is 2. The summed E-state index contributed by atoms with van der Waals surface area (Å²) in [6.07, 6.45) is 0. The predicted octanol–water partition coefficient (Wildman–Crippen LogP) is 4.42. The Hall–Kier alpha value is -1.72. The predicted molar refractivity (Wildman–Crippen MR) is 92.3 cm³/mol. The van der Waals surface area contributed by atoms with E-state index in [0.29, 0.717) is 16.0 Å². The normalized spacial score (nSPS) is 22.0. The molecule has 2 amide bonds. The Morgan fingerprint density at radius 2 is 1.87 bits per heavy atom. The molecule has 1 aliphatic carbocycles. The van der Waals surface area contributed by atoms with Crippen LogP contribution in [-0.2, 0) is 0 Å². The van der Waals surface area contributed by atoms with Crippen molar-refractivity contribution in [1.29, 1.82) is 0 Å². The number of hydrogen-bond acceptors (Lipinski definition) is 2. The number of aromatic nitrogens is 2. The first-order valence-electron chi connectivity index (χ1n) is 7.29. The first kappa shape index (κ1) is 16.1. The highest BCUT2D eigenvalue weighted by molar-refractivity contribution is 6.34. The number of nitrogens with two attached hydrogens (primary N) is 1. The van der Waals surface area contributed by atoms with E-state index in [2.05, 4.69) is 29.1 Å². The molecule has 0 saturated heterocycles. The van der Waals surface area contributed by atoms with Crippen molar-refractivity contribution in [3.8, 4) is 0 Å². The highest BCUT2D eigenvalue weighted by Crippen LogP contribution is 2.70. The van der Waals surface area contributed by atoms with Gasteiger partial charge in [-0.2, -0.15) is 0 Å². The number of primary amides is 1. The van der Waals surface area contributed by atoms with Crippen LogP contribution in [-0.4, -0.2) is 16.0 Å². The number of anilines is 1. The van der Waals surface area contributed by atoms with Gasteiger partial charge in [-0.1, -0.05) is 37.0 Å². The molecule has 2 atom stereocenters. The molecule has 4 N–H and O–H groups in total. The van der Waals surface area contributed by atoms with Crippen LogP contribution in [0.3, 0.4) is 0 Å². The number of carbonyl (C=O) groups excluding carboxylic acids is 1. The van der Waals surface area contributed by atoms with Crippen LogP contribution >= 0.6 is 23.2 Å². The van der Waals surface area contributed by atoms with E-state index in [9.17, 15) is 4.79 Å². The molecule has 1 aromatic heterocycles. The number of carbonyl (C=O) groups is 1. The molecular weight excluding hydrogens is 335 g/mol. The lowest BCUT2D eigenvalue weighted by molar-refractivity contribution is 0.259. The zero-order valence-corrected chi connectivity index (χ0v) is 14.6. The van der Waals surface area contributed by atoms with Gasteiger partial charge in [-0.05, 0) is 42.0 Å². The molecule has 3 rings (SSSR count). The van der Waals surface area contributed by atoms with Crippen molar-refractivity contribution in [2.75, 3.05) is 5.32 Å². The van der Waals surface area contributed by atoms with Gasteiger partial charge in [-0.25, -0.2) is 9.78 Å². The molecule has 0 bridgehead atoms.